The Morgan fingerprint density at radius 2 is 1.96 bits per heavy atom. The predicted molar refractivity (Wildman–Crippen MR) is 94.1 cm³/mol. The van der Waals surface area contributed by atoms with Gasteiger partial charge in [0.15, 0.2) is 18.4 Å². The molecule has 5 rings (SSSR count). The van der Waals surface area contributed by atoms with Gasteiger partial charge < -0.3 is 19.3 Å². The predicted octanol–water partition coefficient (Wildman–Crippen LogP) is 2.20. The summed E-state index contributed by atoms with van der Waals surface area (Å²) in [6.45, 7) is 8.26. The van der Waals surface area contributed by atoms with Gasteiger partial charge in [-0.3, -0.25) is 9.59 Å². The molecule has 2 saturated heterocycles. The van der Waals surface area contributed by atoms with Crippen LogP contribution < -0.4 is 0 Å². The summed E-state index contributed by atoms with van der Waals surface area (Å²) in [5, 5.41) is 10.9. The third kappa shape index (κ3) is 1.79. The molecule has 6 nitrogen and oxygen atoms in total. The average Bonchev–Trinajstić information content (AvgIpc) is 3.04. The molecule has 5 fully saturated rings. The van der Waals surface area contributed by atoms with Crippen LogP contribution >= 0.6 is 0 Å². The molecular formula is C21H28O6. The quantitative estimate of drug-likeness (QED) is 0.429. The van der Waals surface area contributed by atoms with E-state index in [1.54, 1.807) is 7.11 Å². The average molecular weight is 376 g/mol. The van der Waals surface area contributed by atoms with Crippen LogP contribution in [0.2, 0.25) is 0 Å². The van der Waals surface area contributed by atoms with Crippen molar-refractivity contribution in [2.24, 2.45) is 34.0 Å². The SMILES string of the molecule is C=C1C(=O)C23CC1CC[C@H]2C12[C@@H](OC)O[C@@H](O)[C@@H]1C(C)(C)CC[C@@H]2OC3=O. The van der Waals surface area contributed by atoms with Crippen molar-refractivity contribution in [2.75, 3.05) is 7.11 Å². The highest BCUT2D eigenvalue weighted by molar-refractivity contribution is 6.15. The van der Waals surface area contributed by atoms with Gasteiger partial charge in [0.2, 0.25) is 0 Å². The van der Waals surface area contributed by atoms with Gasteiger partial charge in [0, 0.05) is 13.0 Å². The number of allylic oxidation sites excluding steroid dienone is 1. The second-order valence-corrected chi connectivity index (χ2v) is 9.85. The molecule has 0 aromatic heterocycles. The number of hydrogen-bond acceptors (Lipinski definition) is 6. The highest BCUT2D eigenvalue weighted by atomic mass is 16.7. The van der Waals surface area contributed by atoms with Gasteiger partial charge in [0.25, 0.3) is 0 Å². The van der Waals surface area contributed by atoms with E-state index in [2.05, 4.69) is 20.4 Å². The maximum Gasteiger partial charge on any atom is 0.320 e. The largest absolute Gasteiger partial charge is 0.461 e. The number of aliphatic hydroxyl groups is 1. The molecule has 2 bridgehead atoms. The molecule has 3 unspecified atom stereocenters. The second-order valence-electron chi connectivity index (χ2n) is 9.85. The topological polar surface area (TPSA) is 82.1 Å². The van der Waals surface area contributed by atoms with Crippen molar-refractivity contribution in [3.63, 3.8) is 0 Å². The van der Waals surface area contributed by atoms with E-state index >= 15 is 0 Å². The highest BCUT2D eigenvalue weighted by Crippen LogP contribution is 2.72. The third-order valence-electron chi connectivity index (χ3n) is 8.53. The van der Waals surface area contributed by atoms with Crippen LogP contribution in [0, 0.1) is 34.0 Å². The smallest absolute Gasteiger partial charge is 0.320 e. The summed E-state index contributed by atoms with van der Waals surface area (Å²) in [5.41, 5.74) is -1.56. The molecule has 2 aliphatic heterocycles. The summed E-state index contributed by atoms with van der Waals surface area (Å²) in [4.78, 5) is 26.5. The molecule has 1 N–H and O–H groups in total. The summed E-state index contributed by atoms with van der Waals surface area (Å²) in [7, 11) is 1.57. The van der Waals surface area contributed by atoms with Crippen molar-refractivity contribution in [3.8, 4) is 0 Å². The van der Waals surface area contributed by atoms with Crippen LogP contribution in [0.4, 0.5) is 0 Å². The molecule has 3 saturated carbocycles. The molecule has 3 aliphatic carbocycles. The van der Waals surface area contributed by atoms with E-state index in [0.717, 1.165) is 19.3 Å². The number of Topliss-reactive ketones (excluding diaryl/α,β-unsaturated/α-hetero) is 1. The van der Waals surface area contributed by atoms with E-state index in [1.165, 1.54) is 0 Å². The summed E-state index contributed by atoms with van der Waals surface area (Å²) in [5.74, 6) is -1.03. The van der Waals surface area contributed by atoms with Gasteiger partial charge >= 0.3 is 5.97 Å². The Balaban J connectivity index is 1.75. The Hall–Kier alpha value is -1.24. The summed E-state index contributed by atoms with van der Waals surface area (Å²) >= 11 is 0. The number of hydrogen-bond donors (Lipinski definition) is 1. The van der Waals surface area contributed by atoms with Crippen LogP contribution in [0.5, 0.6) is 0 Å². The van der Waals surface area contributed by atoms with Crippen LogP contribution in [0.15, 0.2) is 12.2 Å². The number of carbonyl (C=O) groups is 2. The van der Waals surface area contributed by atoms with Gasteiger partial charge in [-0.2, -0.15) is 0 Å². The normalized spacial score (nSPS) is 52.8. The molecule has 0 radical (unpaired) electrons. The number of ketones is 1. The zero-order valence-electron chi connectivity index (χ0n) is 16.2. The third-order valence-corrected chi connectivity index (χ3v) is 8.53. The van der Waals surface area contributed by atoms with Gasteiger partial charge in [0.05, 0.1) is 5.41 Å². The van der Waals surface area contributed by atoms with E-state index in [1.807, 2.05) is 0 Å². The molecular weight excluding hydrogens is 348 g/mol. The molecule has 2 spiro atoms. The zero-order chi connectivity index (χ0) is 19.4. The van der Waals surface area contributed by atoms with Gasteiger partial charge in [0.1, 0.15) is 11.5 Å². The van der Waals surface area contributed by atoms with Crippen molar-refractivity contribution in [1.29, 1.82) is 0 Å². The monoisotopic (exact) mass is 376 g/mol. The first-order chi connectivity index (χ1) is 12.7. The number of methoxy groups -OCH3 is 1. The molecule has 27 heavy (non-hydrogen) atoms. The number of fused-ring (bicyclic) bond motifs is 1. The fourth-order valence-electron chi connectivity index (χ4n) is 7.56. The molecule has 2 heterocycles. The Morgan fingerprint density at radius 1 is 1.22 bits per heavy atom. The minimum Gasteiger partial charge on any atom is -0.461 e. The number of esters is 1. The lowest BCUT2D eigenvalue weighted by atomic mass is 9.43. The first-order valence-electron chi connectivity index (χ1n) is 10.0. The van der Waals surface area contributed by atoms with Crippen LogP contribution in [0.3, 0.4) is 0 Å². The maximum absolute atomic E-state index is 13.3. The Labute approximate surface area is 159 Å². The summed E-state index contributed by atoms with van der Waals surface area (Å²) in [6.07, 6.45) is 1.44. The molecule has 5 aliphatic rings. The van der Waals surface area contributed by atoms with Gasteiger partial charge in [-0.25, -0.2) is 0 Å². The molecule has 148 valence electrons. The van der Waals surface area contributed by atoms with Crippen LogP contribution in [0.1, 0.15) is 46.0 Å². The van der Waals surface area contributed by atoms with Crippen LogP contribution in [0.25, 0.3) is 0 Å². The van der Waals surface area contributed by atoms with Crippen molar-refractivity contribution in [1.82, 2.24) is 0 Å². The second kappa shape index (κ2) is 5.22. The van der Waals surface area contributed by atoms with E-state index in [-0.39, 0.29) is 29.0 Å². The molecule has 0 aromatic carbocycles. The van der Waals surface area contributed by atoms with Crippen LogP contribution in [-0.2, 0) is 23.8 Å². The minimum absolute atomic E-state index is 0.0533. The highest BCUT2D eigenvalue weighted by Gasteiger charge is 2.80. The Morgan fingerprint density at radius 3 is 2.67 bits per heavy atom. The van der Waals surface area contributed by atoms with E-state index in [0.29, 0.717) is 18.4 Å². The zero-order valence-corrected chi connectivity index (χ0v) is 16.2. The van der Waals surface area contributed by atoms with Crippen molar-refractivity contribution in [3.05, 3.63) is 12.2 Å². The van der Waals surface area contributed by atoms with Crippen LogP contribution in [-0.4, -0.2) is 42.7 Å². The number of aliphatic hydroxyl groups excluding tert-OH is 1. The maximum atomic E-state index is 13.3. The first-order valence-corrected chi connectivity index (χ1v) is 10.0. The molecule has 0 aromatic rings. The van der Waals surface area contributed by atoms with Gasteiger partial charge in [-0.05, 0) is 54.9 Å². The standard InChI is InChI=1S/C21H28O6/c1-10-11-5-6-12-20(9-11,15(10)22)17(24)26-13-7-8-19(2,3)14-16(23)27-18(25-4)21(12,13)14/h11-14,16,18,23H,1,5-9H2,2-4H3/t11?,12-,13+,14-,16-,18+,20?,21?/m1/s1. The minimum atomic E-state index is -1.19. The molecule has 6 heteroatoms. The summed E-state index contributed by atoms with van der Waals surface area (Å²) < 4.78 is 17.7. The van der Waals surface area contributed by atoms with Crippen molar-refractivity contribution >= 4 is 11.8 Å². The van der Waals surface area contributed by atoms with Crippen molar-refractivity contribution < 1.29 is 28.9 Å². The van der Waals surface area contributed by atoms with Crippen molar-refractivity contribution in [2.45, 2.75) is 64.6 Å². The van der Waals surface area contributed by atoms with Gasteiger partial charge in [-0.1, -0.05) is 20.4 Å². The fourth-order valence-corrected chi connectivity index (χ4v) is 7.56. The lowest BCUT2D eigenvalue weighted by Crippen LogP contribution is -2.70. The number of carbonyl (C=O) groups excluding carboxylic acids is 2. The van der Waals surface area contributed by atoms with Gasteiger partial charge in [-0.15, -0.1) is 0 Å². The molecule has 8 atom stereocenters. The Kier molecular flexibility index (Phi) is 3.45. The first kappa shape index (κ1) is 17.8. The summed E-state index contributed by atoms with van der Waals surface area (Å²) in [6, 6.07) is 0. The lowest BCUT2D eigenvalue weighted by Gasteiger charge is -2.62. The Bertz CT molecular complexity index is 743. The van der Waals surface area contributed by atoms with E-state index in [4.69, 9.17) is 14.2 Å². The number of rotatable bonds is 1. The number of ether oxygens (including phenoxy) is 3. The van der Waals surface area contributed by atoms with E-state index < -0.39 is 35.5 Å². The molecule has 0 amide bonds. The fraction of sp³-hybridized carbons (Fsp3) is 0.810. The van der Waals surface area contributed by atoms with E-state index in [9.17, 15) is 14.7 Å². The lowest BCUT2D eigenvalue weighted by molar-refractivity contribution is -0.273.